The minimum Gasteiger partial charge on any atom is -0.493 e. The van der Waals surface area contributed by atoms with E-state index >= 15 is 0 Å². The van der Waals surface area contributed by atoms with Crippen molar-refractivity contribution in [3.8, 4) is 23.0 Å². The number of hydrogen-bond donors (Lipinski definition) is 1. The molecule has 8 heteroatoms. The van der Waals surface area contributed by atoms with E-state index < -0.39 is 0 Å². The van der Waals surface area contributed by atoms with Gasteiger partial charge >= 0.3 is 0 Å². The van der Waals surface area contributed by atoms with Crippen LogP contribution < -0.4 is 24.4 Å². The van der Waals surface area contributed by atoms with Crippen LogP contribution in [0, 0.1) is 6.92 Å². The molecule has 0 aliphatic carbocycles. The Kier molecular flexibility index (Phi) is 10.0. The Bertz CT molecular complexity index is 1200. The number of nitrogens with one attached hydrogen (secondary N) is 1. The molecule has 0 aliphatic heterocycles. The Morgan fingerprint density at radius 2 is 1.75 bits per heavy atom. The van der Waals surface area contributed by atoms with Crippen LogP contribution in [-0.2, 0) is 6.61 Å². The molecule has 0 unspecified atom stereocenters. The number of carbonyl (C=O) groups excluding carboxylic acids is 1. The molecule has 190 valence electrons. The minimum atomic E-state index is -0.388. The molecule has 0 saturated carbocycles. The average molecular weight is 511 g/mol. The number of ether oxygens (including phenoxy) is 4. The number of methoxy groups -OCH3 is 1. The lowest BCUT2D eigenvalue weighted by molar-refractivity contribution is 0.0954. The second kappa shape index (κ2) is 13.4. The largest absolute Gasteiger partial charge is 0.493 e. The van der Waals surface area contributed by atoms with E-state index in [1.54, 1.807) is 30.3 Å². The van der Waals surface area contributed by atoms with Crippen LogP contribution in [0.5, 0.6) is 23.0 Å². The van der Waals surface area contributed by atoms with Gasteiger partial charge in [0.25, 0.3) is 5.91 Å². The van der Waals surface area contributed by atoms with E-state index in [4.69, 9.17) is 30.5 Å². The number of carbonyl (C=O) groups is 1. The molecule has 3 rings (SSSR count). The first-order chi connectivity index (χ1) is 17.4. The first-order valence-electron chi connectivity index (χ1n) is 11.7. The van der Waals surface area contributed by atoms with Gasteiger partial charge in [0.15, 0.2) is 23.0 Å². The van der Waals surface area contributed by atoms with Gasteiger partial charge in [-0.2, -0.15) is 5.10 Å². The highest BCUT2D eigenvalue weighted by molar-refractivity contribution is 6.32. The zero-order chi connectivity index (χ0) is 25.9. The smallest absolute Gasteiger partial charge is 0.271 e. The third-order valence-electron chi connectivity index (χ3n) is 5.10. The monoisotopic (exact) mass is 510 g/mol. The number of halogens is 1. The van der Waals surface area contributed by atoms with Gasteiger partial charge in [0, 0.05) is 5.56 Å². The third-order valence-corrected chi connectivity index (χ3v) is 5.38. The average Bonchev–Trinajstić information content (AvgIpc) is 2.88. The molecule has 3 aromatic rings. The van der Waals surface area contributed by atoms with Crippen LogP contribution in [0.4, 0.5) is 0 Å². The Morgan fingerprint density at radius 1 is 0.972 bits per heavy atom. The van der Waals surface area contributed by atoms with E-state index in [2.05, 4.69) is 10.5 Å². The normalized spacial score (nSPS) is 10.8. The highest BCUT2D eigenvalue weighted by atomic mass is 35.5. The van der Waals surface area contributed by atoms with Crippen molar-refractivity contribution in [3.05, 3.63) is 81.9 Å². The molecule has 7 nitrogen and oxygen atoms in total. The fourth-order valence-corrected chi connectivity index (χ4v) is 3.55. The number of hydrogen-bond acceptors (Lipinski definition) is 6. The molecule has 0 saturated heterocycles. The Balaban J connectivity index is 1.69. The van der Waals surface area contributed by atoms with Crippen molar-refractivity contribution in [3.63, 3.8) is 0 Å². The summed E-state index contributed by atoms with van der Waals surface area (Å²) in [5, 5.41) is 4.45. The number of rotatable bonds is 12. The fraction of sp³-hybridized carbons (Fsp3) is 0.286. The summed E-state index contributed by atoms with van der Waals surface area (Å²) in [7, 11) is 1.53. The van der Waals surface area contributed by atoms with Crippen molar-refractivity contribution in [1.29, 1.82) is 0 Å². The molecule has 0 aromatic heterocycles. The van der Waals surface area contributed by atoms with Crippen molar-refractivity contribution in [2.75, 3.05) is 20.3 Å². The topological polar surface area (TPSA) is 78.4 Å². The molecular formula is C28H31ClN2O5. The van der Waals surface area contributed by atoms with Gasteiger partial charge in [0.05, 0.1) is 31.6 Å². The van der Waals surface area contributed by atoms with Crippen molar-refractivity contribution in [1.82, 2.24) is 5.43 Å². The second-order valence-corrected chi connectivity index (χ2v) is 8.36. The van der Waals surface area contributed by atoms with Crippen LogP contribution in [0.2, 0.25) is 5.02 Å². The predicted octanol–water partition coefficient (Wildman–Crippen LogP) is 6.19. The van der Waals surface area contributed by atoms with Gasteiger partial charge in [-0.25, -0.2) is 5.43 Å². The fourth-order valence-electron chi connectivity index (χ4n) is 3.28. The molecule has 1 amide bonds. The maximum atomic E-state index is 12.6. The first-order valence-corrected chi connectivity index (χ1v) is 12.1. The van der Waals surface area contributed by atoms with Crippen molar-refractivity contribution < 1.29 is 23.7 Å². The quantitative estimate of drug-likeness (QED) is 0.232. The van der Waals surface area contributed by atoms with E-state index in [1.807, 2.05) is 45.0 Å². The lowest BCUT2D eigenvalue weighted by atomic mass is 10.1. The SMILES string of the molecule is CCCOc1ccc(C(=O)N/N=C/c2cc(Cl)c(OCc3ccc(C)cc3)c(OCC)c2)cc1OC. The number of hydrazone groups is 1. The van der Waals surface area contributed by atoms with Crippen LogP contribution in [0.1, 0.15) is 47.3 Å². The Labute approximate surface area is 217 Å². The molecule has 0 bridgehead atoms. The first kappa shape index (κ1) is 26.9. The molecule has 1 N–H and O–H groups in total. The number of amides is 1. The number of benzene rings is 3. The Hall–Kier alpha value is -3.71. The van der Waals surface area contributed by atoms with Gasteiger partial charge in [0.2, 0.25) is 0 Å². The van der Waals surface area contributed by atoms with Crippen LogP contribution in [0.3, 0.4) is 0 Å². The maximum absolute atomic E-state index is 12.6. The molecule has 0 atom stereocenters. The van der Waals surface area contributed by atoms with Crippen LogP contribution in [-0.4, -0.2) is 32.4 Å². The summed E-state index contributed by atoms with van der Waals surface area (Å²) < 4.78 is 22.7. The molecule has 0 heterocycles. The molecule has 3 aromatic carbocycles. The molecular weight excluding hydrogens is 480 g/mol. The van der Waals surface area contributed by atoms with Crippen LogP contribution >= 0.6 is 11.6 Å². The Morgan fingerprint density at radius 3 is 2.44 bits per heavy atom. The number of aryl methyl sites for hydroxylation is 1. The van der Waals surface area contributed by atoms with Gasteiger partial charge in [-0.3, -0.25) is 4.79 Å². The highest BCUT2D eigenvalue weighted by Crippen LogP contribution is 2.37. The lowest BCUT2D eigenvalue weighted by Crippen LogP contribution is -2.17. The predicted molar refractivity (Wildman–Crippen MR) is 142 cm³/mol. The van der Waals surface area contributed by atoms with Gasteiger partial charge < -0.3 is 18.9 Å². The maximum Gasteiger partial charge on any atom is 0.271 e. The van der Waals surface area contributed by atoms with Crippen molar-refractivity contribution in [2.45, 2.75) is 33.8 Å². The standard InChI is InChI=1S/C28H31ClN2O5/c1-5-13-35-24-12-11-22(16-25(24)33-4)28(32)31-30-17-21-14-23(29)27(26(15-21)34-6-2)36-18-20-9-7-19(3)8-10-20/h7-12,14-17H,5-6,13,18H2,1-4H3,(H,31,32)/b30-17+. The minimum absolute atomic E-state index is 0.356. The zero-order valence-corrected chi connectivity index (χ0v) is 21.7. The van der Waals surface area contributed by atoms with E-state index in [0.717, 1.165) is 12.0 Å². The van der Waals surface area contributed by atoms with Crippen molar-refractivity contribution in [2.24, 2.45) is 5.10 Å². The molecule has 0 spiro atoms. The summed E-state index contributed by atoms with van der Waals surface area (Å²) in [6.07, 6.45) is 2.36. The molecule has 0 fully saturated rings. The summed E-state index contributed by atoms with van der Waals surface area (Å²) in [5.41, 5.74) is 5.75. The van der Waals surface area contributed by atoms with Crippen LogP contribution in [0.25, 0.3) is 0 Å². The van der Waals surface area contributed by atoms with Crippen molar-refractivity contribution >= 4 is 23.7 Å². The molecule has 0 aliphatic rings. The zero-order valence-electron chi connectivity index (χ0n) is 21.0. The summed E-state index contributed by atoms with van der Waals surface area (Å²) in [5.74, 6) is 1.63. The molecule has 36 heavy (non-hydrogen) atoms. The third kappa shape index (κ3) is 7.39. The van der Waals surface area contributed by atoms with Gasteiger partial charge in [-0.1, -0.05) is 48.4 Å². The molecule has 0 radical (unpaired) electrons. The van der Waals surface area contributed by atoms with E-state index in [9.17, 15) is 4.79 Å². The second-order valence-electron chi connectivity index (χ2n) is 7.95. The van der Waals surface area contributed by atoms with E-state index in [-0.39, 0.29) is 5.91 Å². The summed E-state index contributed by atoms with van der Waals surface area (Å²) in [4.78, 5) is 12.6. The van der Waals surface area contributed by atoms with Gasteiger partial charge in [-0.15, -0.1) is 0 Å². The number of nitrogens with zero attached hydrogens (tertiary/aromatic N) is 1. The van der Waals surface area contributed by atoms with Crippen LogP contribution in [0.15, 0.2) is 59.7 Å². The van der Waals surface area contributed by atoms with E-state index in [0.29, 0.717) is 59.0 Å². The summed E-state index contributed by atoms with van der Waals surface area (Å²) >= 11 is 6.50. The van der Waals surface area contributed by atoms with E-state index in [1.165, 1.54) is 18.9 Å². The lowest BCUT2D eigenvalue weighted by Gasteiger charge is -2.14. The summed E-state index contributed by atoms with van der Waals surface area (Å²) in [6.45, 7) is 7.29. The van der Waals surface area contributed by atoms with Gasteiger partial charge in [-0.05, 0) is 61.7 Å². The summed E-state index contributed by atoms with van der Waals surface area (Å²) in [6, 6.07) is 16.5. The highest BCUT2D eigenvalue weighted by Gasteiger charge is 2.14. The van der Waals surface area contributed by atoms with Gasteiger partial charge in [0.1, 0.15) is 6.61 Å².